The molecule has 2 atom stereocenters. The summed E-state index contributed by atoms with van der Waals surface area (Å²) >= 11 is 3.32. The van der Waals surface area contributed by atoms with Crippen molar-refractivity contribution in [3.8, 4) is 0 Å². The Balaban J connectivity index is 2.80. The van der Waals surface area contributed by atoms with Gasteiger partial charge in [0.05, 0.1) is 12.5 Å². The SMILES string of the molecule is CCC(NC(=O)CC(NC(C)=O)c1ccc(Br)cc1)C(=O)O. The summed E-state index contributed by atoms with van der Waals surface area (Å²) in [6.07, 6.45) is 0.273. The summed E-state index contributed by atoms with van der Waals surface area (Å²) < 4.78 is 0.888. The maximum Gasteiger partial charge on any atom is 0.326 e. The number of carboxylic acids is 1. The van der Waals surface area contributed by atoms with E-state index in [1.165, 1.54) is 6.92 Å². The number of hydrogen-bond donors (Lipinski definition) is 3. The predicted octanol–water partition coefficient (Wildman–Crippen LogP) is 2.00. The van der Waals surface area contributed by atoms with Gasteiger partial charge >= 0.3 is 5.97 Å². The summed E-state index contributed by atoms with van der Waals surface area (Å²) in [4.78, 5) is 34.3. The number of rotatable bonds is 7. The van der Waals surface area contributed by atoms with E-state index < -0.39 is 24.0 Å². The van der Waals surface area contributed by atoms with Crippen molar-refractivity contribution in [2.45, 2.75) is 38.8 Å². The van der Waals surface area contributed by atoms with Gasteiger partial charge in [-0.3, -0.25) is 9.59 Å². The summed E-state index contributed by atoms with van der Waals surface area (Å²) in [6, 6.07) is 5.80. The number of benzene rings is 1. The number of carbonyl (C=O) groups excluding carboxylic acids is 2. The van der Waals surface area contributed by atoms with Crippen LogP contribution in [0.25, 0.3) is 0 Å². The number of aliphatic carboxylic acids is 1. The molecule has 0 spiro atoms. The monoisotopic (exact) mass is 370 g/mol. The van der Waals surface area contributed by atoms with Crippen LogP contribution in [0.2, 0.25) is 0 Å². The maximum absolute atomic E-state index is 12.0. The zero-order valence-electron chi connectivity index (χ0n) is 12.4. The van der Waals surface area contributed by atoms with Crippen molar-refractivity contribution in [2.75, 3.05) is 0 Å². The molecule has 0 saturated carbocycles. The highest BCUT2D eigenvalue weighted by molar-refractivity contribution is 9.10. The van der Waals surface area contributed by atoms with Crippen LogP contribution in [0.5, 0.6) is 0 Å². The first-order valence-electron chi connectivity index (χ1n) is 6.88. The average Bonchev–Trinajstić information content (AvgIpc) is 2.44. The van der Waals surface area contributed by atoms with Gasteiger partial charge < -0.3 is 15.7 Å². The second kappa shape index (κ2) is 8.53. The van der Waals surface area contributed by atoms with Gasteiger partial charge in [-0.1, -0.05) is 35.0 Å². The second-order valence-electron chi connectivity index (χ2n) is 4.88. The molecule has 1 rings (SSSR count). The minimum absolute atomic E-state index is 0.0228. The van der Waals surface area contributed by atoms with Crippen molar-refractivity contribution in [3.63, 3.8) is 0 Å². The van der Waals surface area contributed by atoms with E-state index in [-0.39, 0.29) is 12.3 Å². The molecule has 0 fully saturated rings. The fourth-order valence-electron chi connectivity index (χ4n) is 1.97. The van der Waals surface area contributed by atoms with Crippen LogP contribution in [-0.4, -0.2) is 28.9 Å². The quantitative estimate of drug-likeness (QED) is 0.683. The number of halogens is 1. The molecule has 22 heavy (non-hydrogen) atoms. The molecule has 0 heterocycles. The maximum atomic E-state index is 12.0. The van der Waals surface area contributed by atoms with Gasteiger partial charge in [0.25, 0.3) is 0 Å². The summed E-state index contributed by atoms with van der Waals surface area (Å²) in [6.45, 7) is 3.05. The zero-order valence-corrected chi connectivity index (χ0v) is 14.0. The second-order valence-corrected chi connectivity index (χ2v) is 5.79. The molecule has 2 unspecified atom stereocenters. The van der Waals surface area contributed by atoms with Crippen LogP contribution in [0.4, 0.5) is 0 Å². The molecule has 1 aromatic rings. The summed E-state index contributed by atoms with van der Waals surface area (Å²) in [5, 5.41) is 14.1. The van der Waals surface area contributed by atoms with E-state index in [0.29, 0.717) is 6.42 Å². The van der Waals surface area contributed by atoms with Gasteiger partial charge in [0, 0.05) is 11.4 Å². The van der Waals surface area contributed by atoms with Gasteiger partial charge in [-0.2, -0.15) is 0 Å². The third-order valence-corrected chi connectivity index (χ3v) is 3.61. The van der Waals surface area contributed by atoms with Crippen molar-refractivity contribution < 1.29 is 19.5 Å². The van der Waals surface area contributed by atoms with Gasteiger partial charge in [0.2, 0.25) is 11.8 Å². The smallest absolute Gasteiger partial charge is 0.326 e. The Kier molecular flexibility index (Phi) is 7.04. The molecule has 7 heteroatoms. The third kappa shape index (κ3) is 5.85. The van der Waals surface area contributed by atoms with E-state index in [4.69, 9.17) is 5.11 Å². The molecule has 0 aliphatic carbocycles. The molecule has 0 aliphatic heterocycles. The number of hydrogen-bond acceptors (Lipinski definition) is 3. The number of carbonyl (C=O) groups is 3. The Labute approximate surface area is 137 Å². The Morgan fingerprint density at radius 3 is 2.23 bits per heavy atom. The van der Waals surface area contributed by atoms with Crippen LogP contribution >= 0.6 is 15.9 Å². The van der Waals surface area contributed by atoms with Crippen molar-refractivity contribution in [3.05, 3.63) is 34.3 Å². The van der Waals surface area contributed by atoms with Crippen LogP contribution in [-0.2, 0) is 14.4 Å². The van der Waals surface area contributed by atoms with E-state index in [9.17, 15) is 14.4 Å². The Morgan fingerprint density at radius 1 is 1.18 bits per heavy atom. The lowest BCUT2D eigenvalue weighted by atomic mass is 10.0. The zero-order chi connectivity index (χ0) is 16.7. The molecule has 0 saturated heterocycles. The molecule has 120 valence electrons. The molecular weight excluding hydrogens is 352 g/mol. The summed E-state index contributed by atoms with van der Waals surface area (Å²) in [5.41, 5.74) is 0.775. The van der Waals surface area contributed by atoms with E-state index in [1.54, 1.807) is 19.1 Å². The van der Waals surface area contributed by atoms with Gasteiger partial charge in [-0.15, -0.1) is 0 Å². The van der Waals surface area contributed by atoms with Crippen LogP contribution in [0, 0.1) is 0 Å². The molecular formula is C15H19BrN2O4. The fourth-order valence-corrected chi connectivity index (χ4v) is 2.23. The van der Waals surface area contributed by atoms with Crippen LogP contribution in [0.3, 0.4) is 0 Å². The average molecular weight is 371 g/mol. The van der Waals surface area contributed by atoms with E-state index in [1.807, 2.05) is 12.1 Å². The molecule has 2 amide bonds. The number of carboxylic acid groups (broad SMARTS) is 1. The Bertz CT molecular complexity index is 545. The lowest BCUT2D eigenvalue weighted by Crippen LogP contribution is -2.42. The highest BCUT2D eigenvalue weighted by Gasteiger charge is 2.21. The van der Waals surface area contributed by atoms with E-state index in [2.05, 4.69) is 26.6 Å². The summed E-state index contributed by atoms with van der Waals surface area (Å²) in [7, 11) is 0. The molecule has 0 radical (unpaired) electrons. The van der Waals surface area contributed by atoms with Gasteiger partial charge in [-0.05, 0) is 24.1 Å². The standard InChI is InChI=1S/C15H19BrN2O4/c1-3-12(15(21)22)18-14(20)8-13(17-9(2)19)10-4-6-11(16)7-5-10/h4-7,12-13H,3,8H2,1-2H3,(H,17,19)(H,18,20)(H,21,22). The molecule has 0 bridgehead atoms. The van der Waals surface area contributed by atoms with Crippen molar-refractivity contribution in [1.29, 1.82) is 0 Å². The highest BCUT2D eigenvalue weighted by atomic mass is 79.9. The lowest BCUT2D eigenvalue weighted by Gasteiger charge is -2.19. The topological polar surface area (TPSA) is 95.5 Å². The van der Waals surface area contributed by atoms with E-state index >= 15 is 0 Å². The molecule has 1 aromatic carbocycles. The van der Waals surface area contributed by atoms with Crippen molar-refractivity contribution in [2.24, 2.45) is 0 Å². The predicted molar refractivity (Wildman–Crippen MR) is 85.2 cm³/mol. The minimum atomic E-state index is -1.07. The van der Waals surface area contributed by atoms with Crippen molar-refractivity contribution >= 4 is 33.7 Å². The molecule has 3 N–H and O–H groups in total. The first-order valence-corrected chi connectivity index (χ1v) is 7.67. The van der Waals surface area contributed by atoms with Crippen molar-refractivity contribution in [1.82, 2.24) is 10.6 Å². The highest BCUT2D eigenvalue weighted by Crippen LogP contribution is 2.20. The normalized spacial score (nSPS) is 13.0. The Hall–Kier alpha value is -1.89. The van der Waals surface area contributed by atoms with Gasteiger partial charge in [0.15, 0.2) is 0 Å². The molecule has 0 aliphatic rings. The summed E-state index contributed by atoms with van der Waals surface area (Å²) in [5.74, 6) is -1.75. The number of amides is 2. The van der Waals surface area contributed by atoms with Crippen LogP contribution in [0.1, 0.15) is 38.3 Å². The van der Waals surface area contributed by atoms with Gasteiger partial charge in [-0.25, -0.2) is 4.79 Å². The van der Waals surface area contributed by atoms with Gasteiger partial charge in [0.1, 0.15) is 6.04 Å². The Morgan fingerprint density at radius 2 is 1.77 bits per heavy atom. The first kappa shape index (κ1) is 18.2. The number of nitrogens with one attached hydrogen (secondary N) is 2. The minimum Gasteiger partial charge on any atom is -0.480 e. The van der Waals surface area contributed by atoms with Crippen LogP contribution < -0.4 is 10.6 Å². The lowest BCUT2D eigenvalue weighted by molar-refractivity contribution is -0.142. The van der Waals surface area contributed by atoms with Crippen LogP contribution in [0.15, 0.2) is 28.7 Å². The largest absolute Gasteiger partial charge is 0.480 e. The van der Waals surface area contributed by atoms with E-state index in [0.717, 1.165) is 10.0 Å². The molecule has 6 nitrogen and oxygen atoms in total. The first-order chi connectivity index (χ1) is 10.3. The molecule has 0 aromatic heterocycles. The third-order valence-electron chi connectivity index (χ3n) is 3.08. The fraction of sp³-hybridized carbons (Fsp3) is 0.400.